The molecular weight excluding hydrogens is 569 g/mol. The lowest BCUT2D eigenvalue weighted by molar-refractivity contribution is -0.893. The van der Waals surface area contributed by atoms with Gasteiger partial charge < -0.3 is 28.4 Å². The molecule has 11 heteroatoms. The van der Waals surface area contributed by atoms with E-state index >= 15 is 0 Å². The van der Waals surface area contributed by atoms with Crippen LogP contribution >= 0.6 is 11.7 Å². The summed E-state index contributed by atoms with van der Waals surface area (Å²) in [6, 6.07) is 3.54. The van der Waals surface area contributed by atoms with Crippen molar-refractivity contribution in [3.63, 3.8) is 0 Å². The van der Waals surface area contributed by atoms with E-state index in [0.29, 0.717) is 59.4 Å². The number of nitrogens with zero attached hydrogens (tertiary/aromatic N) is 1. The lowest BCUT2D eigenvalue weighted by Gasteiger charge is -2.42. The highest BCUT2D eigenvalue weighted by molar-refractivity contribution is 8.93. The molecule has 35 heavy (non-hydrogen) atoms. The maximum absolute atomic E-state index is 6.05. The number of hydrogen-bond acceptors (Lipinski definition) is 8. The van der Waals surface area contributed by atoms with Crippen LogP contribution in [0, 0.1) is 17.8 Å². The molecule has 0 radical (unpaired) electrons. The van der Waals surface area contributed by atoms with Crippen LogP contribution in [0.1, 0.15) is 58.8 Å². The average molecular weight is 613 g/mol. The van der Waals surface area contributed by atoms with Gasteiger partial charge >= 0.3 is 0 Å². The predicted octanol–water partition coefficient (Wildman–Crippen LogP) is 1.08. The first-order valence-electron chi connectivity index (χ1n) is 13.6. The summed E-state index contributed by atoms with van der Waals surface area (Å²) in [6.45, 7) is 6.20. The third-order valence-electron chi connectivity index (χ3n) is 10.8. The Morgan fingerprint density at radius 2 is 1.43 bits per heavy atom. The molecule has 4 nitrogen and oxygen atoms in total. The summed E-state index contributed by atoms with van der Waals surface area (Å²) < 4.78 is 0. The van der Waals surface area contributed by atoms with Gasteiger partial charge in [-0.1, -0.05) is 19.1 Å². The van der Waals surface area contributed by atoms with Crippen LogP contribution in [0.15, 0.2) is 0 Å². The van der Waals surface area contributed by atoms with Crippen LogP contribution in [0.5, 0.6) is 0 Å². The summed E-state index contributed by atoms with van der Waals surface area (Å²) in [5, 5.41) is 8.82. The molecule has 5 saturated heterocycles. The van der Waals surface area contributed by atoms with Crippen LogP contribution < -0.4 is 15.5 Å². The third kappa shape index (κ3) is 5.42. The predicted molar refractivity (Wildman–Crippen MR) is 167 cm³/mol. The monoisotopic (exact) mass is 612 g/mol. The molecule has 5 rings (SSSR count). The van der Waals surface area contributed by atoms with E-state index in [1.54, 1.807) is 4.90 Å². The fraction of sp³-hybridized carbons (Fsp3) is 1.00. The summed E-state index contributed by atoms with van der Waals surface area (Å²) >= 11 is 28.9. The number of quaternary nitrogens is 1. The Bertz CT molecular complexity index is 963. The number of nitrogens with one attached hydrogen (secondary N) is 3. The average Bonchev–Trinajstić information content (AvgIpc) is 3.56. The Labute approximate surface area is 239 Å². The summed E-state index contributed by atoms with van der Waals surface area (Å²) in [6.07, 6.45) is 6.73. The molecule has 8 bridgehead atoms. The van der Waals surface area contributed by atoms with Crippen molar-refractivity contribution in [1.29, 1.82) is 0 Å². The SMILES string of the molecule is CC1C2CC(C(S(=S)(=S)S)C3CCC(C([S-](=S)=S)C4CCC(N4)C(C)C4CCC1N4)N3C)[NH+](C)C2. The van der Waals surface area contributed by atoms with Gasteiger partial charge in [0.2, 0.25) is 0 Å². The number of fused-ring (bicyclic) bond motifs is 8. The van der Waals surface area contributed by atoms with Gasteiger partial charge in [-0.05, 0) is 98.0 Å². The minimum atomic E-state index is -1.85. The molecule has 13 unspecified atom stereocenters. The van der Waals surface area contributed by atoms with Crippen molar-refractivity contribution in [3.8, 4) is 0 Å². The maximum atomic E-state index is 6.05. The van der Waals surface area contributed by atoms with E-state index in [1.807, 2.05) is 0 Å². The highest BCUT2D eigenvalue weighted by Gasteiger charge is 2.51. The standard InChI is InChI=1S/C24H43N4S7/c1-13-15-11-22(27(3)12-15)24(35(31,32)33)21-10-9-20(28(21)4)23(34(29)30)19-8-7-18(26-19)14(2)17-6-5-16(13)25-17/h13-26H,5-12H2,1-4H3,(H,31,32,33)/q-1/p+1. The zero-order chi connectivity index (χ0) is 25.2. The Balaban J connectivity index is 1.53. The minimum absolute atomic E-state index is 0.280. The zero-order valence-electron chi connectivity index (χ0n) is 21.4. The molecule has 0 spiro atoms. The largest absolute Gasteiger partial charge is 0.341 e. The molecule has 5 fully saturated rings. The molecule has 0 aromatic rings. The van der Waals surface area contributed by atoms with Gasteiger partial charge in [-0.3, -0.25) is 22.4 Å². The Morgan fingerprint density at radius 1 is 0.886 bits per heavy atom. The molecular formula is C24H44N4S7. The molecule has 13 atom stereocenters. The third-order valence-corrected chi connectivity index (χ3v) is 16.6. The molecule has 0 amide bonds. The van der Waals surface area contributed by atoms with Gasteiger partial charge in [0.1, 0.15) is 6.04 Å². The van der Waals surface area contributed by atoms with Crippen molar-refractivity contribution in [1.82, 2.24) is 15.5 Å². The second-order valence-electron chi connectivity index (χ2n) is 12.4. The van der Waals surface area contributed by atoms with Gasteiger partial charge in [-0.2, -0.15) is 0 Å². The second kappa shape index (κ2) is 11.0. The van der Waals surface area contributed by atoms with E-state index in [9.17, 15) is 0 Å². The van der Waals surface area contributed by atoms with E-state index < -0.39 is 14.2 Å². The lowest BCUT2D eigenvalue weighted by atomic mass is 9.84. The van der Waals surface area contributed by atoms with Crippen molar-refractivity contribution in [3.05, 3.63) is 0 Å². The van der Waals surface area contributed by atoms with Crippen molar-refractivity contribution >= 4 is 70.6 Å². The lowest BCUT2D eigenvalue weighted by Crippen LogP contribution is -3.12. The highest BCUT2D eigenvalue weighted by Crippen LogP contribution is 2.40. The van der Waals surface area contributed by atoms with Crippen molar-refractivity contribution in [2.75, 3.05) is 20.6 Å². The smallest absolute Gasteiger partial charge is 0.103 e. The topological polar surface area (TPSA) is 31.7 Å². The Kier molecular flexibility index (Phi) is 8.88. The normalized spacial score (nSPS) is 51.3. The van der Waals surface area contributed by atoms with Crippen molar-refractivity contribution < 1.29 is 4.90 Å². The summed E-state index contributed by atoms with van der Waals surface area (Å²) in [7, 11) is 4.23. The van der Waals surface area contributed by atoms with Gasteiger partial charge in [0.25, 0.3) is 0 Å². The first-order chi connectivity index (χ1) is 16.5. The van der Waals surface area contributed by atoms with Gasteiger partial charge in [0, 0.05) is 36.5 Å². The van der Waals surface area contributed by atoms with E-state index in [4.69, 9.17) is 56.4 Å². The van der Waals surface area contributed by atoms with E-state index in [0.717, 1.165) is 18.8 Å². The summed E-state index contributed by atoms with van der Waals surface area (Å²) in [4.78, 5) is 4.25. The van der Waals surface area contributed by atoms with Crippen LogP contribution in [0.3, 0.4) is 0 Å². The number of rotatable bonds is 2. The molecule has 3 N–H and O–H groups in total. The number of thiol groups is 1. The Hall–Kier alpha value is 1.77. The maximum Gasteiger partial charge on any atom is 0.103 e. The minimum Gasteiger partial charge on any atom is -0.341 e. The summed E-state index contributed by atoms with van der Waals surface area (Å²) in [5.74, 6) is 2.04. The van der Waals surface area contributed by atoms with Crippen molar-refractivity contribution in [2.24, 2.45) is 17.8 Å². The molecule has 0 saturated carbocycles. The molecule has 5 aliphatic heterocycles. The summed E-state index contributed by atoms with van der Waals surface area (Å²) in [5.41, 5.74) is 0. The van der Waals surface area contributed by atoms with Crippen LogP contribution in [-0.4, -0.2) is 78.3 Å². The zero-order valence-corrected chi connectivity index (χ0v) is 27.2. The number of hydrogen-bond donors (Lipinski definition) is 4. The molecule has 5 heterocycles. The molecule has 5 aliphatic rings. The second-order valence-corrected chi connectivity index (χ2v) is 24.8. The molecule has 0 aromatic carbocycles. The van der Waals surface area contributed by atoms with Crippen molar-refractivity contribution in [2.45, 2.75) is 112 Å². The fourth-order valence-corrected chi connectivity index (χ4v) is 15.3. The fourth-order valence-electron chi connectivity index (χ4n) is 8.70. The van der Waals surface area contributed by atoms with E-state index in [1.165, 1.54) is 38.6 Å². The van der Waals surface area contributed by atoms with Crippen LogP contribution in [-0.2, 0) is 58.9 Å². The van der Waals surface area contributed by atoms with Gasteiger partial charge in [-0.25, -0.2) is 0 Å². The van der Waals surface area contributed by atoms with Gasteiger partial charge in [0.15, 0.2) is 0 Å². The van der Waals surface area contributed by atoms with E-state index in [2.05, 4.69) is 43.5 Å². The number of likely N-dealkylation sites (tertiary alicyclic amines) is 1. The first kappa shape index (κ1) is 28.3. The molecule has 0 aliphatic carbocycles. The first-order valence-corrected chi connectivity index (χ1v) is 21.3. The molecule has 202 valence electrons. The van der Waals surface area contributed by atoms with Crippen LogP contribution in [0.2, 0.25) is 0 Å². The highest BCUT2D eigenvalue weighted by atomic mass is 33.5. The molecule has 0 aromatic heterocycles. The van der Waals surface area contributed by atoms with Gasteiger partial charge in [-0.15, -0.1) is 11.7 Å². The Morgan fingerprint density at radius 3 is 2.03 bits per heavy atom. The van der Waals surface area contributed by atoms with Crippen LogP contribution in [0.25, 0.3) is 0 Å². The van der Waals surface area contributed by atoms with Gasteiger partial charge in [0.05, 0.1) is 18.8 Å². The quantitative estimate of drug-likeness (QED) is 0.211. The van der Waals surface area contributed by atoms with E-state index in [-0.39, 0.29) is 5.25 Å². The van der Waals surface area contributed by atoms with Crippen LogP contribution in [0.4, 0.5) is 0 Å².